The molecule has 2 N–H and O–H groups in total. The van der Waals surface area contributed by atoms with E-state index in [1.807, 2.05) is 0 Å². The van der Waals surface area contributed by atoms with Gasteiger partial charge in [0.1, 0.15) is 0 Å². The molecule has 0 saturated carbocycles. The van der Waals surface area contributed by atoms with E-state index in [2.05, 4.69) is 0 Å². The van der Waals surface area contributed by atoms with Crippen molar-refractivity contribution in [3.8, 4) is 0 Å². The largest absolute Gasteiger partial charge is 0.516 e. The Morgan fingerprint density at radius 2 is 2.06 bits per heavy atom. The highest BCUT2D eigenvalue weighted by molar-refractivity contribution is 7.93. The third-order valence-electron chi connectivity index (χ3n) is 1.76. The molecule has 0 saturated heterocycles. The van der Waals surface area contributed by atoms with Gasteiger partial charge < -0.3 is 5.11 Å². The Kier molecular flexibility index (Phi) is 3.50. The van der Waals surface area contributed by atoms with Gasteiger partial charge in [0.05, 0.1) is 12.3 Å². The van der Waals surface area contributed by atoms with E-state index in [1.54, 1.807) is 0 Å². The Morgan fingerprint density at radius 1 is 1.50 bits per heavy atom. The monoisotopic (exact) mass is 275 g/mol. The number of aliphatic hydroxyl groups is 1. The average molecular weight is 275 g/mol. The zero-order chi connectivity index (χ0) is 12.6. The van der Waals surface area contributed by atoms with Crippen LogP contribution in [0.25, 0.3) is 0 Å². The van der Waals surface area contributed by atoms with Crippen molar-refractivity contribution >= 4 is 27.0 Å². The summed E-state index contributed by atoms with van der Waals surface area (Å²) in [5, 5.41) is 10.2. The molecule has 0 aliphatic carbocycles. The summed E-state index contributed by atoms with van der Waals surface area (Å²) in [6.07, 6.45) is 0. The fourth-order valence-electron chi connectivity index (χ4n) is 0.949. The lowest BCUT2D eigenvalue weighted by Gasteiger charge is -2.11. The molecular weight excluding hydrogens is 267 g/mol. The normalized spacial score (nSPS) is 12.8. The van der Waals surface area contributed by atoms with Crippen LogP contribution in [0.4, 0.5) is 18.9 Å². The maximum Gasteiger partial charge on any atom is 0.516 e. The van der Waals surface area contributed by atoms with Crippen LogP contribution in [0.1, 0.15) is 10.4 Å². The van der Waals surface area contributed by atoms with Gasteiger partial charge in [-0.25, -0.2) is 0 Å². The summed E-state index contributed by atoms with van der Waals surface area (Å²) < 4.78 is 59.3. The number of hydrogen-bond donors (Lipinski definition) is 2. The maximum atomic E-state index is 12.1. The highest BCUT2D eigenvalue weighted by Crippen LogP contribution is 2.32. The number of nitrogens with one attached hydrogen (secondary N) is 1. The van der Waals surface area contributed by atoms with Gasteiger partial charge in [-0.2, -0.15) is 21.6 Å². The first-order valence-electron chi connectivity index (χ1n) is 3.96. The van der Waals surface area contributed by atoms with E-state index in [0.29, 0.717) is 4.88 Å². The van der Waals surface area contributed by atoms with Crippen molar-refractivity contribution in [2.45, 2.75) is 19.0 Å². The summed E-state index contributed by atoms with van der Waals surface area (Å²) in [6.45, 7) is 0.929. The molecule has 1 aromatic rings. The molecule has 0 bridgehead atoms. The second-order valence-electron chi connectivity index (χ2n) is 2.90. The van der Waals surface area contributed by atoms with Crippen molar-refractivity contribution in [3.63, 3.8) is 0 Å². The number of anilines is 1. The first kappa shape index (κ1) is 13.3. The van der Waals surface area contributed by atoms with E-state index in [4.69, 9.17) is 5.11 Å². The molecule has 1 rings (SSSR count). The first-order valence-corrected chi connectivity index (χ1v) is 6.32. The van der Waals surface area contributed by atoms with Crippen LogP contribution in [0.5, 0.6) is 0 Å². The first-order chi connectivity index (χ1) is 7.19. The SMILES string of the molecule is Cc1scc(CO)c1NS(=O)(=O)C(F)(F)F. The van der Waals surface area contributed by atoms with Gasteiger partial charge in [-0.05, 0) is 12.3 Å². The predicted octanol–water partition coefficient (Wildman–Crippen LogP) is 1.81. The van der Waals surface area contributed by atoms with Crippen LogP contribution >= 0.6 is 11.3 Å². The zero-order valence-corrected chi connectivity index (χ0v) is 9.63. The highest BCUT2D eigenvalue weighted by Gasteiger charge is 2.46. The summed E-state index contributed by atoms with van der Waals surface area (Å²) in [6, 6.07) is 0. The van der Waals surface area contributed by atoms with E-state index in [9.17, 15) is 21.6 Å². The second kappa shape index (κ2) is 4.22. The minimum atomic E-state index is -5.43. The topological polar surface area (TPSA) is 66.4 Å². The van der Waals surface area contributed by atoms with E-state index >= 15 is 0 Å². The van der Waals surface area contributed by atoms with Crippen molar-refractivity contribution in [1.82, 2.24) is 0 Å². The summed E-state index contributed by atoms with van der Waals surface area (Å²) in [5.74, 6) is 0. The van der Waals surface area contributed by atoms with Crippen LogP contribution < -0.4 is 4.72 Å². The van der Waals surface area contributed by atoms with Gasteiger partial charge in [0, 0.05) is 10.4 Å². The molecule has 0 atom stereocenters. The van der Waals surface area contributed by atoms with Gasteiger partial charge >= 0.3 is 15.5 Å². The molecule has 0 unspecified atom stereocenters. The maximum absolute atomic E-state index is 12.1. The smallest absolute Gasteiger partial charge is 0.392 e. The standard InChI is InChI=1S/C7H8F3NO3S2/c1-4-6(5(2-12)3-15-4)11-16(13,14)7(8,9)10/h3,11-12H,2H2,1H3. The van der Waals surface area contributed by atoms with Gasteiger partial charge in [-0.3, -0.25) is 4.72 Å². The Balaban J connectivity index is 3.11. The molecule has 0 spiro atoms. The van der Waals surface area contributed by atoms with Gasteiger partial charge in [0.15, 0.2) is 0 Å². The third kappa shape index (κ3) is 2.47. The molecule has 4 nitrogen and oxygen atoms in total. The van der Waals surface area contributed by atoms with Gasteiger partial charge in [-0.15, -0.1) is 11.3 Å². The molecule has 0 aliphatic rings. The van der Waals surface area contributed by atoms with Crippen molar-refractivity contribution in [1.29, 1.82) is 0 Å². The summed E-state index contributed by atoms with van der Waals surface area (Å²) in [5.41, 5.74) is -5.45. The zero-order valence-electron chi connectivity index (χ0n) is 8.00. The average Bonchev–Trinajstić information content (AvgIpc) is 2.45. The number of aryl methyl sites for hydroxylation is 1. The lowest BCUT2D eigenvalue weighted by atomic mass is 10.3. The minimum Gasteiger partial charge on any atom is -0.392 e. The Hall–Kier alpha value is -0.800. The van der Waals surface area contributed by atoms with E-state index in [0.717, 1.165) is 11.3 Å². The molecule has 0 fully saturated rings. The molecule has 0 amide bonds. The molecule has 0 aromatic carbocycles. The molecule has 0 aliphatic heterocycles. The predicted molar refractivity (Wildman–Crippen MR) is 53.6 cm³/mol. The van der Waals surface area contributed by atoms with E-state index in [-0.39, 0.29) is 11.3 Å². The molecule has 1 heterocycles. The van der Waals surface area contributed by atoms with Gasteiger partial charge in [0.25, 0.3) is 0 Å². The number of alkyl halides is 3. The fourth-order valence-corrected chi connectivity index (χ4v) is 2.49. The molecular formula is C7H8F3NO3S2. The van der Waals surface area contributed by atoms with E-state index in [1.165, 1.54) is 17.0 Å². The number of rotatable bonds is 3. The molecule has 92 valence electrons. The number of halogens is 3. The molecule has 16 heavy (non-hydrogen) atoms. The van der Waals surface area contributed by atoms with Crippen LogP contribution in [-0.4, -0.2) is 19.0 Å². The van der Waals surface area contributed by atoms with Crippen molar-refractivity contribution in [3.05, 3.63) is 15.8 Å². The quantitative estimate of drug-likeness (QED) is 0.884. The number of sulfonamides is 1. The van der Waals surface area contributed by atoms with Crippen LogP contribution in [0.3, 0.4) is 0 Å². The highest BCUT2D eigenvalue weighted by atomic mass is 32.2. The summed E-state index contributed by atoms with van der Waals surface area (Å²) in [4.78, 5) is 0.358. The molecule has 1 aromatic heterocycles. The number of hydrogen-bond acceptors (Lipinski definition) is 4. The van der Waals surface area contributed by atoms with Crippen LogP contribution in [0.15, 0.2) is 5.38 Å². The summed E-state index contributed by atoms with van der Waals surface area (Å²) in [7, 11) is -5.43. The molecule has 0 radical (unpaired) electrons. The third-order valence-corrected chi connectivity index (χ3v) is 3.80. The Morgan fingerprint density at radius 3 is 2.50 bits per heavy atom. The number of thiophene rings is 1. The minimum absolute atomic E-state index is 0.121. The van der Waals surface area contributed by atoms with E-state index < -0.39 is 22.1 Å². The van der Waals surface area contributed by atoms with Crippen molar-refractivity contribution in [2.24, 2.45) is 0 Å². The number of aliphatic hydroxyl groups excluding tert-OH is 1. The van der Waals surface area contributed by atoms with Crippen LogP contribution in [0, 0.1) is 6.92 Å². The van der Waals surface area contributed by atoms with Gasteiger partial charge in [0.2, 0.25) is 0 Å². The van der Waals surface area contributed by atoms with Crippen molar-refractivity contribution < 1.29 is 26.7 Å². The second-order valence-corrected chi connectivity index (χ2v) is 5.66. The Bertz CT molecular complexity index is 478. The lowest BCUT2D eigenvalue weighted by molar-refractivity contribution is -0.0429. The van der Waals surface area contributed by atoms with Gasteiger partial charge in [-0.1, -0.05) is 0 Å². The summed E-state index contributed by atoms with van der Waals surface area (Å²) >= 11 is 1.05. The van der Waals surface area contributed by atoms with Crippen LogP contribution in [0.2, 0.25) is 0 Å². The lowest BCUT2D eigenvalue weighted by Crippen LogP contribution is -2.30. The Labute approximate surface area is 93.8 Å². The molecule has 9 heteroatoms. The fraction of sp³-hybridized carbons (Fsp3) is 0.429. The van der Waals surface area contributed by atoms with Crippen LogP contribution in [-0.2, 0) is 16.6 Å². The van der Waals surface area contributed by atoms with Crippen molar-refractivity contribution in [2.75, 3.05) is 4.72 Å².